The summed E-state index contributed by atoms with van der Waals surface area (Å²) in [5.74, 6) is 0. The molecule has 0 saturated heterocycles. The molecule has 4 heteroatoms. The zero-order chi connectivity index (χ0) is 13.0. The Kier molecular flexibility index (Phi) is 3.48. The summed E-state index contributed by atoms with van der Waals surface area (Å²) in [4.78, 5) is 11.8. The molecule has 0 radical (unpaired) electrons. The standard InChI is InChI=1S/C14H15N3O/c1-10-12(15)8-5-9-13(10)17-14(18)16-11-6-3-2-4-7-11/h2-9H,15H2,1H3,(H2,16,17,18). The first-order valence-corrected chi connectivity index (χ1v) is 5.65. The highest BCUT2D eigenvalue weighted by molar-refractivity contribution is 6.00. The van der Waals surface area contributed by atoms with Crippen molar-refractivity contribution in [2.24, 2.45) is 0 Å². The number of carbonyl (C=O) groups excluding carboxylic acids is 1. The van der Waals surface area contributed by atoms with Gasteiger partial charge in [-0.2, -0.15) is 0 Å². The van der Waals surface area contributed by atoms with E-state index in [0.717, 1.165) is 11.3 Å². The smallest absolute Gasteiger partial charge is 0.323 e. The van der Waals surface area contributed by atoms with Crippen molar-refractivity contribution in [1.29, 1.82) is 0 Å². The van der Waals surface area contributed by atoms with Gasteiger partial charge in [0.2, 0.25) is 0 Å². The summed E-state index contributed by atoms with van der Waals surface area (Å²) in [5, 5.41) is 5.52. The fourth-order valence-electron chi connectivity index (χ4n) is 1.60. The van der Waals surface area contributed by atoms with Crippen LogP contribution in [0.5, 0.6) is 0 Å². The third-order valence-electron chi connectivity index (χ3n) is 2.66. The van der Waals surface area contributed by atoms with Crippen LogP contribution in [0.1, 0.15) is 5.56 Å². The number of nitrogen functional groups attached to an aromatic ring is 1. The van der Waals surface area contributed by atoms with Gasteiger partial charge in [0.15, 0.2) is 0 Å². The molecule has 2 amide bonds. The lowest BCUT2D eigenvalue weighted by Crippen LogP contribution is -2.20. The minimum absolute atomic E-state index is 0.282. The van der Waals surface area contributed by atoms with Gasteiger partial charge in [-0.25, -0.2) is 4.79 Å². The van der Waals surface area contributed by atoms with Crippen molar-refractivity contribution in [2.75, 3.05) is 16.4 Å². The van der Waals surface area contributed by atoms with Crippen LogP contribution in [-0.4, -0.2) is 6.03 Å². The molecule has 0 aliphatic rings. The van der Waals surface area contributed by atoms with E-state index in [1.165, 1.54) is 0 Å². The van der Waals surface area contributed by atoms with E-state index in [2.05, 4.69) is 10.6 Å². The van der Waals surface area contributed by atoms with Crippen molar-refractivity contribution >= 4 is 23.1 Å². The Bertz CT molecular complexity index is 552. The van der Waals surface area contributed by atoms with Gasteiger partial charge in [-0.15, -0.1) is 0 Å². The molecule has 4 N–H and O–H groups in total. The average molecular weight is 241 g/mol. The van der Waals surface area contributed by atoms with Crippen LogP contribution in [-0.2, 0) is 0 Å². The minimum atomic E-state index is -0.282. The van der Waals surface area contributed by atoms with E-state index in [-0.39, 0.29) is 6.03 Å². The van der Waals surface area contributed by atoms with Crippen molar-refractivity contribution in [3.8, 4) is 0 Å². The van der Waals surface area contributed by atoms with E-state index in [1.54, 1.807) is 12.1 Å². The van der Waals surface area contributed by atoms with Gasteiger partial charge < -0.3 is 16.4 Å². The van der Waals surface area contributed by atoms with Gasteiger partial charge in [-0.3, -0.25) is 0 Å². The number of para-hydroxylation sites is 1. The fraction of sp³-hybridized carbons (Fsp3) is 0.0714. The van der Waals surface area contributed by atoms with Crippen LogP contribution in [0.25, 0.3) is 0 Å². The molecular formula is C14H15N3O. The molecule has 0 atom stereocenters. The maximum atomic E-state index is 11.8. The van der Waals surface area contributed by atoms with Gasteiger partial charge in [0.25, 0.3) is 0 Å². The summed E-state index contributed by atoms with van der Waals surface area (Å²) < 4.78 is 0. The summed E-state index contributed by atoms with van der Waals surface area (Å²) >= 11 is 0. The van der Waals surface area contributed by atoms with Gasteiger partial charge in [0.05, 0.1) is 0 Å². The number of hydrogen-bond acceptors (Lipinski definition) is 2. The summed E-state index contributed by atoms with van der Waals surface area (Å²) in [6.07, 6.45) is 0. The van der Waals surface area contributed by atoms with Crippen LogP contribution < -0.4 is 16.4 Å². The van der Waals surface area contributed by atoms with E-state index in [9.17, 15) is 4.79 Å². The Labute approximate surface area is 106 Å². The highest BCUT2D eigenvalue weighted by atomic mass is 16.2. The Hall–Kier alpha value is -2.49. The molecular weight excluding hydrogens is 226 g/mol. The molecule has 0 unspecified atom stereocenters. The molecule has 0 spiro atoms. The van der Waals surface area contributed by atoms with Crippen molar-refractivity contribution < 1.29 is 4.79 Å². The molecule has 0 bridgehead atoms. The van der Waals surface area contributed by atoms with Crippen molar-refractivity contribution in [3.63, 3.8) is 0 Å². The Morgan fingerprint density at radius 1 is 1.00 bits per heavy atom. The molecule has 0 aliphatic carbocycles. The number of amides is 2. The number of hydrogen-bond donors (Lipinski definition) is 3. The van der Waals surface area contributed by atoms with Gasteiger partial charge in [-0.1, -0.05) is 24.3 Å². The molecule has 2 aromatic rings. The molecule has 2 aromatic carbocycles. The van der Waals surface area contributed by atoms with Crippen LogP contribution in [0.2, 0.25) is 0 Å². The predicted molar refractivity (Wildman–Crippen MR) is 74.7 cm³/mol. The van der Waals surface area contributed by atoms with Gasteiger partial charge >= 0.3 is 6.03 Å². The Morgan fingerprint density at radius 3 is 2.44 bits per heavy atom. The lowest BCUT2D eigenvalue weighted by atomic mass is 10.1. The molecule has 18 heavy (non-hydrogen) atoms. The minimum Gasteiger partial charge on any atom is -0.398 e. The number of carbonyl (C=O) groups is 1. The van der Waals surface area contributed by atoms with E-state index in [4.69, 9.17) is 5.73 Å². The summed E-state index contributed by atoms with van der Waals surface area (Å²) in [5.41, 5.74) is 8.76. The first kappa shape index (κ1) is 12.0. The third-order valence-corrected chi connectivity index (χ3v) is 2.66. The van der Waals surface area contributed by atoms with Crippen LogP contribution in [0, 0.1) is 6.92 Å². The summed E-state index contributed by atoms with van der Waals surface area (Å²) in [6.45, 7) is 1.87. The van der Waals surface area contributed by atoms with Crippen molar-refractivity contribution in [3.05, 3.63) is 54.1 Å². The molecule has 92 valence electrons. The first-order chi connectivity index (χ1) is 8.66. The van der Waals surface area contributed by atoms with Crippen LogP contribution in [0.4, 0.5) is 21.9 Å². The zero-order valence-corrected chi connectivity index (χ0v) is 10.1. The SMILES string of the molecule is Cc1c(N)cccc1NC(=O)Nc1ccccc1. The Morgan fingerprint density at radius 2 is 1.72 bits per heavy atom. The Balaban J connectivity index is 2.06. The molecule has 2 rings (SSSR count). The van der Waals surface area contributed by atoms with Crippen LogP contribution in [0.3, 0.4) is 0 Å². The number of rotatable bonds is 2. The first-order valence-electron chi connectivity index (χ1n) is 5.65. The molecule has 0 fully saturated rings. The maximum absolute atomic E-state index is 11.8. The van der Waals surface area contributed by atoms with Gasteiger partial charge in [0.1, 0.15) is 0 Å². The van der Waals surface area contributed by atoms with Crippen molar-refractivity contribution in [1.82, 2.24) is 0 Å². The van der Waals surface area contributed by atoms with E-state index in [1.807, 2.05) is 43.3 Å². The fourth-order valence-corrected chi connectivity index (χ4v) is 1.60. The highest BCUT2D eigenvalue weighted by Gasteiger charge is 2.05. The van der Waals surface area contributed by atoms with E-state index < -0.39 is 0 Å². The summed E-state index contributed by atoms with van der Waals surface area (Å²) in [7, 11) is 0. The zero-order valence-electron chi connectivity index (χ0n) is 10.1. The average Bonchev–Trinajstić information content (AvgIpc) is 2.36. The molecule has 0 aliphatic heterocycles. The second-order valence-electron chi connectivity index (χ2n) is 3.96. The number of urea groups is 1. The number of anilines is 3. The van der Waals surface area contributed by atoms with Gasteiger partial charge in [0, 0.05) is 17.1 Å². The third kappa shape index (κ3) is 2.79. The van der Waals surface area contributed by atoms with Crippen molar-refractivity contribution in [2.45, 2.75) is 6.92 Å². The topological polar surface area (TPSA) is 67.1 Å². The van der Waals surface area contributed by atoms with Crippen LogP contribution >= 0.6 is 0 Å². The maximum Gasteiger partial charge on any atom is 0.323 e. The predicted octanol–water partition coefficient (Wildman–Crippen LogP) is 3.22. The normalized spacial score (nSPS) is 9.83. The molecule has 4 nitrogen and oxygen atoms in total. The number of benzene rings is 2. The second-order valence-corrected chi connectivity index (χ2v) is 3.96. The van der Waals surface area contributed by atoms with E-state index >= 15 is 0 Å². The lowest BCUT2D eigenvalue weighted by Gasteiger charge is -2.11. The van der Waals surface area contributed by atoms with E-state index in [0.29, 0.717) is 11.4 Å². The lowest BCUT2D eigenvalue weighted by molar-refractivity contribution is 0.262. The van der Waals surface area contributed by atoms with Gasteiger partial charge in [-0.05, 0) is 36.8 Å². The largest absolute Gasteiger partial charge is 0.398 e. The number of nitrogens with two attached hydrogens (primary N) is 1. The molecule has 0 saturated carbocycles. The summed E-state index contributed by atoms with van der Waals surface area (Å²) in [6, 6.07) is 14.4. The molecule has 0 heterocycles. The number of nitrogens with one attached hydrogen (secondary N) is 2. The quantitative estimate of drug-likeness (QED) is 0.707. The monoisotopic (exact) mass is 241 g/mol. The molecule has 0 aromatic heterocycles. The highest BCUT2D eigenvalue weighted by Crippen LogP contribution is 2.20. The van der Waals surface area contributed by atoms with Crippen LogP contribution in [0.15, 0.2) is 48.5 Å². The second kappa shape index (κ2) is 5.23.